The van der Waals surface area contributed by atoms with Crippen LogP contribution in [0.2, 0.25) is 0 Å². The van der Waals surface area contributed by atoms with Gasteiger partial charge in [-0.15, -0.1) is 0 Å². The van der Waals surface area contributed by atoms with E-state index in [1.807, 2.05) is 0 Å². The number of nitrogens with two attached hydrogens (primary N) is 1. The summed E-state index contributed by atoms with van der Waals surface area (Å²) in [4.78, 5) is 38.7. The number of hydrogen-bond donors (Lipinski definition) is 3. The van der Waals surface area contributed by atoms with Gasteiger partial charge in [0.1, 0.15) is 48.3 Å². The average molecular weight is 661 g/mol. The van der Waals surface area contributed by atoms with Crippen LogP contribution in [0.5, 0.6) is 0 Å². The summed E-state index contributed by atoms with van der Waals surface area (Å²) in [6, 6.07) is 0. The molecule has 7 rings (SSSR count). The van der Waals surface area contributed by atoms with Crippen molar-refractivity contribution in [2.24, 2.45) is 4.99 Å². The monoisotopic (exact) mass is 660 g/mol. The van der Waals surface area contributed by atoms with Crippen LogP contribution in [0.15, 0.2) is 23.8 Å². The Morgan fingerprint density at radius 2 is 1.98 bits per heavy atom. The number of aromatic nitrogens is 5. The zero-order chi connectivity index (χ0) is 31.0. The normalized spacial score (nSPS) is 35.5. The number of carbonyl (C=O) groups excluding carboxylic acids is 1. The average Bonchev–Trinajstić information content (AvgIpc) is 3.72. The number of imidazole rings is 1. The molecule has 4 aliphatic heterocycles. The topological polar surface area (TPSA) is 234 Å². The molecule has 0 spiro atoms. The van der Waals surface area contributed by atoms with Gasteiger partial charge in [-0.1, -0.05) is 0 Å². The van der Waals surface area contributed by atoms with E-state index in [4.69, 9.17) is 28.4 Å². The number of nitrogens with one attached hydrogen (secondary N) is 1. The van der Waals surface area contributed by atoms with E-state index in [2.05, 4.69) is 24.7 Å². The second kappa shape index (κ2) is 10.7. The lowest BCUT2D eigenvalue weighted by atomic mass is 10.1. The van der Waals surface area contributed by atoms with Crippen molar-refractivity contribution in [1.29, 1.82) is 0 Å². The molecular formula is C22H23F2N8O10PS. The maximum Gasteiger partial charge on any atom is 0.472 e. The summed E-state index contributed by atoms with van der Waals surface area (Å²) in [5, 5.41) is 0. The molecule has 0 bridgehead atoms. The molecule has 1 unspecified atom stereocenters. The van der Waals surface area contributed by atoms with Gasteiger partial charge >= 0.3 is 18.1 Å². The molecule has 4 N–H and O–H groups in total. The van der Waals surface area contributed by atoms with Crippen LogP contribution in [0, 0.1) is 5.82 Å². The molecule has 18 nitrogen and oxygen atoms in total. The molecule has 0 aliphatic carbocycles. The van der Waals surface area contributed by atoms with Crippen LogP contribution in [0.4, 0.5) is 20.4 Å². The van der Waals surface area contributed by atoms with E-state index in [0.29, 0.717) is 0 Å². The number of ether oxygens (including phenoxy) is 2. The molecule has 0 aromatic carbocycles. The summed E-state index contributed by atoms with van der Waals surface area (Å²) in [6.45, 7) is -1.40. The fraction of sp³-hybridized carbons (Fsp3) is 0.500. The third-order valence-corrected chi connectivity index (χ3v) is 9.52. The number of fused-ring (bicyclic) bond motifs is 4. The number of Topliss-reactive ketones (excluding diaryl/α,β-unsaturated/α-hetero) is 1. The maximum atomic E-state index is 15.8. The largest absolute Gasteiger partial charge is 0.472 e. The molecule has 0 amide bonds. The molecule has 8 atom stereocenters. The second-order valence-electron chi connectivity index (χ2n) is 10.3. The number of carbonyl (C=O) groups is 1. The van der Waals surface area contributed by atoms with E-state index < -0.39 is 85.9 Å². The lowest BCUT2D eigenvalue weighted by molar-refractivity contribution is -0.0473. The fourth-order valence-electron chi connectivity index (χ4n) is 5.53. The molecule has 3 fully saturated rings. The van der Waals surface area contributed by atoms with Gasteiger partial charge in [-0.05, 0) is 0 Å². The van der Waals surface area contributed by atoms with Crippen molar-refractivity contribution in [3.8, 4) is 0 Å². The molecule has 3 aromatic heterocycles. The van der Waals surface area contributed by atoms with Crippen LogP contribution in [0.25, 0.3) is 11.2 Å². The highest BCUT2D eigenvalue weighted by Gasteiger charge is 2.52. The highest BCUT2D eigenvalue weighted by molar-refractivity contribution is 7.84. The zero-order valence-electron chi connectivity index (χ0n) is 22.2. The highest BCUT2D eigenvalue weighted by Crippen LogP contribution is 2.50. The first-order chi connectivity index (χ1) is 20.9. The van der Waals surface area contributed by atoms with E-state index in [1.54, 1.807) is 0 Å². The third-order valence-electron chi connectivity index (χ3n) is 7.52. The third kappa shape index (κ3) is 5.12. The first kappa shape index (κ1) is 29.4. The molecule has 3 aromatic rings. The van der Waals surface area contributed by atoms with Crippen LogP contribution in [0.1, 0.15) is 35.7 Å². The Labute approximate surface area is 246 Å². The van der Waals surface area contributed by atoms with Gasteiger partial charge in [0.15, 0.2) is 35.5 Å². The standard InChI is InChI=1S/C22H23F2N8O10PS/c23-9-5-31(20-15(9)10(33)1-2-26-20)14-3-11-13(39-14)6-38-43(34,35)41-18-12(4-30-44(36,37)42-11)40-22(16(18)24)32-8-29-17-19(25)27-7-28-21(17)32/h2,5,7-8,11-14,16,18,22,30H,1,3-4,6H2,(H,34,35)(H2,25,27,28)/t11-,12+,13+,14+,16+,18+,22+/m0/s1. The van der Waals surface area contributed by atoms with Crippen molar-refractivity contribution in [3.05, 3.63) is 30.2 Å². The lowest BCUT2D eigenvalue weighted by Crippen LogP contribution is -2.43. The van der Waals surface area contributed by atoms with E-state index >= 15 is 4.39 Å². The van der Waals surface area contributed by atoms with Gasteiger partial charge in [0.05, 0.1) is 18.5 Å². The molecular weight excluding hydrogens is 637 g/mol. The van der Waals surface area contributed by atoms with Gasteiger partial charge in [-0.3, -0.25) is 22.6 Å². The molecule has 0 saturated carbocycles. The highest BCUT2D eigenvalue weighted by atomic mass is 32.2. The predicted octanol–water partition coefficient (Wildman–Crippen LogP) is 0.596. The number of rotatable bonds is 2. The second-order valence-corrected chi connectivity index (χ2v) is 13.0. The van der Waals surface area contributed by atoms with E-state index in [-0.39, 0.29) is 41.2 Å². The Hall–Kier alpha value is -3.27. The Bertz CT molecular complexity index is 1840. The number of aliphatic imine (C=N–C) groups is 1. The molecule has 3 saturated heterocycles. The van der Waals surface area contributed by atoms with Crippen molar-refractivity contribution < 1.29 is 54.2 Å². The van der Waals surface area contributed by atoms with E-state index in [1.165, 1.54) is 21.7 Å². The summed E-state index contributed by atoms with van der Waals surface area (Å²) in [6.07, 6.45) is -6.39. The molecule has 0 radical (unpaired) electrons. The molecule has 236 valence electrons. The Kier molecular flexibility index (Phi) is 7.14. The molecule has 4 aliphatic rings. The summed E-state index contributed by atoms with van der Waals surface area (Å²) in [5.74, 6) is -1.37. The number of alkyl halides is 1. The number of hydrogen-bond acceptors (Lipinski definition) is 14. The summed E-state index contributed by atoms with van der Waals surface area (Å²) < 4.78 is 101. The number of nitrogen functional groups attached to an aromatic ring is 1. The Balaban J connectivity index is 1.15. The Morgan fingerprint density at radius 3 is 2.80 bits per heavy atom. The number of halogens is 2. The van der Waals surface area contributed by atoms with Crippen molar-refractivity contribution >= 4 is 52.9 Å². The predicted molar refractivity (Wildman–Crippen MR) is 141 cm³/mol. The maximum absolute atomic E-state index is 15.8. The van der Waals surface area contributed by atoms with Crippen molar-refractivity contribution in [2.75, 3.05) is 18.9 Å². The fourth-order valence-corrected chi connectivity index (χ4v) is 7.45. The summed E-state index contributed by atoms with van der Waals surface area (Å²) >= 11 is 0. The van der Waals surface area contributed by atoms with Gasteiger partial charge in [-0.2, -0.15) is 13.1 Å². The van der Waals surface area contributed by atoms with Gasteiger partial charge in [0.25, 0.3) is 0 Å². The van der Waals surface area contributed by atoms with Crippen LogP contribution < -0.4 is 10.5 Å². The lowest BCUT2D eigenvalue weighted by Gasteiger charge is -2.25. The van der Waals surface area contributed by atoms with Crippen molar-refractivity contribution in [3.63, 3.8) is 0 Å². The Morgan fingerprint density at radius 1 is 1.16 bits per heavy atom. The van der Waals surface area contributed by atoms with Gasteiger partial charge in [0, 0.05) is 31.8 Å². The molecule has 7 heterocycles. The summed E-state index contributed by atoms with van der Waals surface area (Å²) in [7, 11) is -9.63. The minimum Gasteiger partial charge on any atom is -0.382 e. The number of phosphoric acid groups is 1. The first-order valence-corrected chi connectivity index (χ1v) is 16.0. The smallest absolute Gasteiger partial charge is 0.382 e. The van der Waals surface area contributed by atoms with Crippen LogP contribution in [-0.4, -0.2) is 93.1 Å². The number of anilines is 1. The SMILES string of the molecule is Nc1ncnc2c1ncn2[C@@H]1O[C@@H]2CNS(=O)(=O)O[C@H]3C[C@H](n4cc(F)c5c4N=CCC5=O)O[C@@H]3COP(=O)(O)O[C@H]2[C@H]1F. The minimum atomic E-state index is -5.04. The quantitative estimate of drug-likeness (QED) is 0.320. The number of phosphoric ester groups is 1. The van der Waals surface area contributed by atoms with Crippen LogP contribution >= 0.6 is 7.82 Å². The van der Waals surface area contributed by atoms with Crippen molar-refractivity contribution in [1.82, 2.24) is 28.8 Å². The van der Waals surface area contributed by atoms with Crippen LogP contribution in [0.3, 0.4) is 0 Å². The van der Waals surface area contributed by atoms with Crippen molar-refractivity contribution in [2.45, 2.75) is 55.9 Å². The van der Waals surface area contributed by atoms with Gasteiger partial charge < -0.3 is 24.7 Å². The first-order valence-electron chi connectivity index (χ1n) is 13.1. The van der Waals surface area contributed by atoms with Crippen LogP contribution in [-0.2, 0) is 37.6 Å². The van der Waals surface area contributed by atoms with E-state index in [0.717, 1.165) is 12.5 Å². The number of ketones is 1. The zero-order valence-corrected chi connectivity index (χ0v) is 23.9. The van der Waals surface area contributed by atoms with Gasteiger partial charge in [0.2, 0.25) is 0 Å². The minimum absolute atomic E-state index is 0.0149. The summed E-state index contributed by atoms with van der Waals surface area (Å²) in [5.41, 5.74) is 5.79. The van der Waals surface area contributed by atoms with Gasteiger partial charge in [-0.25, -0.2) is 33.3 Å². The van der Waals surface area contributed by atoms with E-state index in [9.17, 15) is 27.1 Å². The molecule has 44 heavy (non-hydrogen) atoms. The molecule has 22 heteroatoms. The number of nitrogens with zero attached hydrogens (tertiary/aromatic N) is 6.